The molecule has 2 amide bonds. The highest BCUT2D eigenvalue weighted by molar-refractivity contribution is 5.96. The molecule has 0 radical (unpaired) electrons. The molecule has 1 rings (SSSR count). The van der Waals surface area contributed by atoms with Gasteiger partial charge in [0, 0.05) is 25.2 Å². The van der Waals surface area contributed by atoms with Crippen molar-refractivity contribution in [1.82, 2.24) is 15.1 Å². The minimum Gasteiger partial charge on any atom is -0.480 e. The van der Waals surface area contributed by atoms with Crippen LogP contribution in [-0.4, -0.2) is 38.7 Å². The van der Waals surface area contributed by atoms with E-state index >= 15 is 0 Å². The van der Waals surface area contributed by atoms with Gasteiger partial charge in [-0.1, -0.05) is 0 Å². The van der Waals surface area contributed by atoms with Gasteiger partial charge in [0.15, 0.2) is 5.69 Å². The summed E-state index contributed by atoms with van der Waals surface area (Å²) in [7, 11) is 1.66. The van der Waals surface area contributed by atoms with E-state index in [1.807, 2.05) is 0 Å². The maximum absolute atomic E-state index is 11.9. The van der Waals surface area contributed by atoms with E-state index in [0.717, 1.165) is 0 Å². The highest BCUT2D eigenvalue weighted by Crippen LogP contribution is 2.06. The number of hydrogen-bond acceptors (Lipinski definition) is 4. The van der Waals surface area contributed by atoms with Gasteiger partial charge in [-0.05, 0) is 13.3 Å². The maximum Gasteiger partial charge on any atom is 0.326 e. The molecule has 1 aromatic heterocycles. The molecule has 1 aromatic rings. The lowest BCUT2D eigenvalue weighted by molar-refractivity contribution is -0.139. The summed E-state index contributed by atoms with van der Waals surface area (Å²) < 4.78 is 1.46. The minimum atomic E-state index is -1.22. The Morgan fingerprint density at radius 1 is 1.53 bits per heavy atom. The molecular weight excluding hydrogens is 252 g/mol. The van der Waals surface area contributed by atoms with E-state index in [4.69, 9.17) is 10.8 Å². The Balaban J connectivity index is 2.74. The van der Waals surface area contributed by atoms with E-state index in [1.54, 1.807) is 20.2 Å². The number of nitrogens with zero attached hydrogens (tertiary/aromatic N) is 2. The maximum atomic E-state index is 11.9. The Morgan fingerprint density at radius 3 is 2.58 bits per heavy atom. The van der Waals surface area contributed by atoms with Crippen molar-refractivity contribution in [1.29, 1.82) is 0 Å². The number of primary amides is 1. The molecule has 0 fully saturated rings. The summed E-state index contributed by atoms with van der Waals surface area (Å²) >= 11 is 0. The van der Waals surface area contributed by atoms with E-state index in [9.17, 15) is 14.4 Å². The first-order valence-corrected chi connectivity index (χ1v) is 5.63. The monoisotopic (exact) mass is 268 g/mol. The van der Waals surface area contributed by atoms with Crippen LogP contribution < -0.4 is 11.1 Å². The SMILES string of the molecule is Cc1cn(C)nc1C(=O)N[C@@H](CCC(N)=O)C(=O)O. The van der Waals surface area contributed by atoms with Gasteiger partial charge in [-0.15, -0.1) is 0 Å². The fourth-order valence-corrected chi connectivity index (χ4v) is 1.60. The molecular formula is C11H16N4O4. The number of aromatic nitrogens is 2. The van der Waals surface area contributed by atoms with E-state index in [-0.39, 0.29) is 18.5 Å². The number of hydrogen-bond donors (Lipinski definition) is 3. The second-order valence-electron chi connectivity index (χ2n) is 4.20. The van der Waals surface area contributed by atoms with Gasteiger partial charge in [-0.2, -0.15) is 5.10 Å². The number of carboxylic acids is 1. The lowest BCUT2D eigenvalue weighted by Gasteiger charge is -2.12. The molecule has 0 unspecified atom stereocenters. The van der Waals surface area contributed by atoms with Crippen LogP contribution >= 0.6 is 0 Å². The lowest BCUT2D eigenvalue weighted by atomic mass is 10.1. The molecule has 1 heterocycles. The van der Waals surface area contributed by atoms with Crippen LogP contribution in [0.25, 0.3) is 0 Å². The molecule has 0 aliphatic rings. The number of carboxylic acid groups (broad SMARTS) is 1. The van der Waals surface area contributed by atoms with E-state index < -0.39 is 23.8 Å². The third-order valence-electron chi connectivity index (χ3n) is 2.51. The van der Waals surface area contributed by atoms with Crippen LogP contribution in [0.1, 0.15) is 28.9 Å². The van der Waals surface area contributed by atoms with Crippen LogP contribution in [0.2, 0.25) is 0 Å². The second-order valence-corrected chi connectivity index (χ2v) is 4.20. The Kier molecular flexibility index (Phi) is 4.62. The zero-order chi connectivity index (χ0) is 14.6. The Labute approximate surface area is 109 Å². The van der Waals surface area contributed by atoms with E-state index in [2.05, 4.69) is 10.4 Å². The van der Waals surface area contributed by atoms with Crippen molar-refractivity contribution < 1.29 is 19.5 Å². The first-order valence-electron chi connectivity index (χ1n) is 5.63. The van der Waals surface area contributed by atoms with Crippen molar-refractivity contribution in [3.05, 3.63) is 17.5 Å². The zero-order valence-corrected chi connectivity index (χ0v) is 10.7. The molecule has 104 valence electrons. The molecule has 0 saturated heterocycles. The smallest absolute Gasteiger partial charge is 0.326 e. The number of aliphatic carboxylic acids is 1. The fraction of sp³-hybridized carbons (Fsp3) is 0.455. The second kappa shape index (κ2) is 5.98. The summed E-state index contributed by atoms with van der Waals surface area (Å²) in [6.45, 7) is 1.70. The zero-order valence-electron chi connectivity index (χ0n) is 10.7. The van der Waals surface area contributed by atoms with Crippen LogP contribution in [0.4, 0.5) is 0 Å². The molecule has 8 heteroatoms. The summed E-state index contributed by atoms with van der Waals surface area (Å²) in [6.07, 6.45) is 1.48. The Morgan fingerprint density at radius 2 is 2.16 bits per heavy atom. The summed E-state index contributed by atoms with van der Waals surface area (Å²) in [5.41, 5.74) is 5.75. The van der Waals surface area contributed by atoms with Gasteiger partial charge < -0.3 is 16.2 Å². The summed E-state index contributed by atoms with van der Waals surface area (Å²) in [5, 5.41) is 15.2. The molecule has 0 aliphatic carbocycles. The predicted octanol–water partition coefficient (Wildman–Crippen LogP) is -0.823. The first kappa shape index (κ1) is 14.7. The van der Waals surface area contributed by atoms with Gasteiger partial charge in [-0.25, -0.2) is 4.79 Å². The third kappa shape index (κ3) is 4.09. The summed E-state index contributed by atoms with van der Waals surface area (Å²) in [5.74, 6) is -2.42. The topological polar surface area (TPSA) is 127 Å². The van der Waals surface area contributed by atoms with E-state index in [1.165, 1.54) is 4.68 Å². The van der Waals surface area contributed by atoms with Crippen molar-refractivity contribution in [2.45, 2.75) is 25.8 Å². The van der Waals surface area contributed by atoms with Gasteiger partial charge in [0.05, 0.1) is 0 Å². The predicted molar refractivity (Wildman–Crippen MR) is 65.3 cm³/mol. The van der Waals surface area contributed by atoms with Gasteiger partial charge in [-0.3, -0.25) is 14.3 Å². The molecule has 19 heavy (non-hydrogen) atoms. The number of amides is 2. The normalized spacial score (nSPS) is 11.9. The molecule has 0 spiro atoms. The van der Waals surface area contributed by atoms with Gasteiger partial charge >= 0.3 is 5.97 Å². The number of rotatable bonds is 6. The van der Waals surface area contributed by atoms with Crippen molar-refractivity contribution in [2.24, 2.45) is 12.8 Å². The standard InChI is InChI=1S/C11H16N4O4/c1-6-5-15(2)14-9(6)10(17)13-7(11(18)19)3-4-8(12)16/h5,7H,3-4H2,1-2H3,(H2,12,16)(H,13,17)(H,18,19)/t7-/m0/s1. The van der Waals surface area contributed by atoms with Crippen molar-refractivity contribution in [2.75, 3.05) is 0 Å². The number of aryl methyl sites for hydroxylation is 2. The highest BCUT2D eigenvalue weighted by atomic mass is 16.4. The quantitative estimate of drug-likeness (QED) is 0.621. The largest absolute Gasteiger partial charge is 0.480 e. The van der Waals surface area contributed by atoms with Crippen LogP contribution in [0.15, 0.2) is 6.20 Å². The van der Waals surface area contributed by atoms with Crippen LogP contribution in [-0.2, 0) is 16.6 Å². The van der Waals surface area contributed by atoms with Crippen LogP contribution in [0.3, 0.4) is 0 Å². The first-order chi connectivity index (χ1) is 8.81. The van der Waals surface area contributed by atoms with Gasteiger partial charge in [0.1, 0.15) is 6.04 Å². The van der Waals surface area contributed by atoms with Gasteiger partial charge in [0.2, 0.25) is 5.91 Å². The number of carbonyl (C=O) groups is 3. The molecule has 0 aromatic carbocycles. The fourth-order valence-electron chi connectivity index (χ4n) is 1.60. The summed E-state index contributed by atoms with van der Waals surface area (Å²) in [4.78, 5) is 33.5. The van der Waals surface area contributed by atoms with Crippen LogP contribution in [0, 0.1) is 6.92 Å². The van der Waals surface area contributed by atoms with Crippen molar-refractivity contribution in [3.8, 4) is 0 Å². The highest BCUT2D eigenvalue weighted by Gasteiger charge is 2.23. The molecule has 0 bridgehead atoms. The number of nitrogens with one attached hydrogen (secondary N) is 1. The van der Waals surface area contributed by atoms with Crippen LogP contribution in [0.5, 0.6) is 0 Å². The number of nitrogens with two attached hydrogens (primary N) is 1. The Bertz CT molecular complexity index is 509. The molecule has 1 atom stereocenters. The molecule has 0 aliphatic heterocycles. The van der Waals surface area contributed by atoms with Crippen molar-refractivity contribution >= 4 is 17.8 Å². The van der Waals surface area contributed by atoms with E-state index in [0.29, 0.717) is 5.56 Å². The van der Waals surface area contributed by atoms with Crippen molar-refractivity contribution in [3.63, 3.8) is 0 Å². The Hall–Kier alpha value is -2.38. The third-order valence-corrected chi connectivity index (χ3v) is 2.51. The lowest BCUT2D eigenvalue weighted by Crippen LogP contribution is -2.41. The van der Waals surface area contributed by atoms with Gasteiger partial charge in [0.25, 0.3) is 5.91 Å². The average Bonchev–Trinajstić information content (AvgIpc) is 2.62. The molecule has 4 N–H and O–H groups in total. The molecule has 8 nitrogen and oxygen atoms in total. The summed E-state index contributed by atoms with van der Waals surface area (Å²) in [6, 6.07) is -1.17. The number of carbonyl (C=O) groups excluding carboxylic acids is 2. The average molecular weight is 268 g/mol. The molecule has 0 saturated carbocycles. The minimum absolute atomic E-state index is 0.0533.